The number of aromatic nitrogens is 1. The molecule has 0 bridgehead atoms. The van der Waals surface area contributed by atoms with Crippen LogP contribution in [0.2, 0.25) is 0 Å². The number of benzene rings is 1. The lowest BCUT2D eigenvalue weighted by atomic mass is 9.97. The van der Waals surface area contributed by atoms with Gasteiger partial charge in [-0.05, 0) is 43.5 Å². The molecule has 1 N–H and O–H groups in total. The summed E-state index contributed by atoms with van der Waals surface area (Å²) in [7, 11) is 1.76. The van der Waals surface area contributed by atoms with Crippen molar-refractivity contribution >= 4 is 10.9 Å². The summed E-state index contributed by atoms with van der Waals surface area (Å²) in [5.41, 5.74) is 2.42. The number of nitrogens with one attached hydrogen (secondary N) is 1. The highest BCUT2D eigenvalue weighted by Gasteiger charge is 2.13. The molecule has 20 heavy (non-hydrogen) atoms. The molecule has 0 saturated heterocycles. The second-order valence-electron chi connectivity index (χ2n) is 5.06. The minimum absolute atomic E-state index is 0.373. The van der Waals surface area contributed by atoms with Crippen LogP contribution in [-0.2, 0) is 4.74 Å². The monoisotopic (exact) mass is 272 g/mol. The molecule has 1 heterocycles. The van der Waals surface area contributed by atoms with Crippen molar-refractivity contribution in [3.05, 3.63) is 42.1 Å². The van der Waals surface area contributed by atoms with Crippen LogP contribution in [0.5, 0.6) is 0 Å². The lowest BCUT2D eigenvalue weighted by Gasteiger charge is -2.20. The molecule has 1 atom stereocenters. The van der Waals surface area contributed by atoms with Crippen molar-refractivity contribution in [3.8, 4) is 0 Å². The first-order valence-corrected chi connectivity index (χ1v) is 7.42. The molecule has 1 unspecified atom stereocenters. The molecule has 0 amide bonds. The Balaban J connectivity index is 2.24. The topological polar surface area (TPSA) is 34.1 Å². The zero-order chi connectivity index (χ0) is 14.2. The van der Waals surface area contributed by atoms with Crippen LogP contribution < -0.4 is 5.32 Å². The van der Waals surface area contributed by atoms with Gasteiger partial charge in [0.05, 0.1) is 5.52 Å². The van der Waals surface area contributed by atoms with Gasteiger partial charge in [-0.1, -0.05) is 25.1 Å². The van der Waals surface area contributed by atoms with Crippen LogP contribution in [-0.4, -0.2) is 25.2 Å². The van der Waals surface area contributed by atoms with E-state index in [0.29, 0.717) is 6.04 Å². The second kappa shape index (κ2) is 7.98. The first-order valence-electron chi connectivity index (χ1n) is 7.42. The number of fused-ring (bicyclic) bond motifs is 1. The maximum Gasteiger partial charge on any atom is 0.0705 e. The van der Waals surface area contributed by atoms with Gasteiger partial charge in [-0.3, -0.25) is 4.98 Å². The Kier molecular flexibility index (Phi) is 5.96. The molecule has 108 valence electrons. The summed E-state index contributed by atoms with van der Waals surface area (Å²) in [5, 5.41) is 4.90. The molecule has 0 saturated carbocycles. The van der Waals surface area contributed by atoms with Gasteiger partial charge in [-0.15, -0.1) is 0 Å². The molecular formula is C17H24N2O. The molecule has 2 rings (SSSR count). The van der Waals surface area contributed by atoms with Crippen LogP contribution in [0.1, 0.15) is 37.8 Å². The molecule has 0 aliphatic carbocycles. The van der Waals surface area contributed by atoms with Gasteiger partial charge in [-0.25, -0.2) is 0 Å². The summed E-state index contributed by atoms with van der Waals surface area (Å²) in [5.74, 6) is 0. The van der Waals surface area contributed by atoms with Crippen LogP contribution in [0.25, 0.3) is 10.9 Å². The van der Waals surface area contributed by atoms with E-state index in [-0.39, 0.29) is 0 Å². The third kappa shape index (κ3) is 3.78. The molecule has 0 aliphatic rings. The minimum Gasteiger partial charge on any atom is -0.385 e. The molecule has 3 heteroatoms. The van der Waals surface area contributed by atoms with E-state index in [4.69, 9.17) is 4.74 Å². The van der Waals surface area contributed by atoms with E-state index in [9.17, 15) is 0 Å². The van der Waals surface area contributed by atoms with Crippen molar-refractivity contribution in [1.29, 1.82) is 0 Å². The lowest BCUT2D eigenvalue weighted by Crippen LogP contribution is -2.22. The minimum atomic E-state index is 0.373. The third-order valence-electron chi connectivity index (χ3n) is 3.54. The molecule has 1 aromatic heterocycles. The molecule has 0 radical (unpaired) electrons. The van der Waals surface area contributed by atoms with Crippen molar-refractivity contribution in [2.45, 2.75) is 32.2 Å². The SMILES string of the molecule is CCCNC(CCCOC)c1cccc2ncccc12. The van der Waals surface area contributed by atoms with E-state index in [1.165, 1.54) is 10.9 Å². The largest absolute Gasteiger partial charge is 0.385 e. The molecule has 0 aliphatic heterocycles. The van der Waals surface area contributed by atoms with Gasteiger partial charge >= 0.3 is 0 Å². The number of nitrogens with zero attached hydrogens (tertiary/aromatic N) is 1. The highest BCUT2D eigenvalue weighted by molar-refractivity contribution is 5.82. The van der Waals surface area contributed by atoms with Crippen LogP contribution in [0, 0.1) is 0 Å². The Bertz CT molecular complexity index is 522. The summed E-state index contributed by atoms with van der Waals surface area (Å²) in [6.45, 7) is 4.05. The predicted molar refractivity (Wildman–Crippen MR) is 83.9 cm³/mol. The van der Waals surface area contributed by atoms with E-state index in [0.717, 1.165) is 37.9 Å². The average Bonchev–Trinajstić information content (AvgIpc) is 2.50. The lowest BCUT2D eigenvalue weighted by molar-refractivity contribution is 0.189. The van der Waals surface area contributed by atoms with Gasteiger partial charge in [0.25, 0.3) is 0 Å². The molecule has 3 nitrogen and oxygen atoms in total. The zero-order valence-corrected chi connectivity index (χ0v) is 12.4. The maximum absolute atomic E-state index is 5.18. The number of methoxy groups -OCH3 is 1. The maximum atomic E-state index is 5.18. The van der Waals surface area contributed by atoms with Crippen LogP contribution in [0.4, 0.5) is 0 Å². The summed E-state index contributed by atoms with van der Waals surface area (Å²) in [6.07, 6.45) is 5.14. The number of hydrogen-bond acceptors (Lipinski definition) is 3. The Hall–Kier alpha value is -1.45. The fourth-order valence-corrected chi connectivity index (χ4v) is 2.55. The van der Waals surface area contributed by atoms with Gasteiger partial charge in [0.1, 0.15) is 0 Å². The van der Waals surface area contributed by atoms with Crippen molar-refractivity contribution in [1.82, 2.24) is 10.3 Å². The standard InChI is InChI=1S/C17H24N2O/c1-3-11-18-17(10-6-13-20-2)14-7-4-9-16-15(14)8-5-12-19-16/h4-5,7-9,12,17-18H,3,6,10-11,13H2,1-2H3. The number of ether oxygens (including phenoxy) is 1. The summed E-state index contributed by atoms with van der Waals surface area (Å²) in [4.78, 5) is 4.45. The van der Waals surface area contributed by atoms with Crippen LogP contribution in [0.3, 0.4) is 0 Å². The first-order chi connectivity index (χ1) is 9.86. The van der Waals surface area contributed by atoms with E-state index < -0.39 is 0 Å². The normalized spacial score (nSPS) is 12.7. The van der Waals surface area contributed by atoms with Crippen LogP contribution >= 0.6 is 0 Å². The third-order valence-corrected chi connectivity index (χ3v) is 3.54. The number of pyridine rings is 1. The van der Waals surface area contributed by atoms with Gasteiger partial charge in [0.15, 0.2) is 0 Å². The number of hydrogen-bond donors (Lipinski definition) is 1. The Labute approximate surface area is 121 Å². The summed E-state index contributed by atoms with van der Waals surface area (Å²) in [6, 6.07) is 10.9. The fourth-order valence-electron chi connectivity index (χ4n) is 2.55. The van der Waals surface area contributed by atoms with E-state index in [1.807, 2.05) is 12.3 Å². The highest BCUT2D eigenvalue weighted by Crippen LogP contribution is 2.26. The first kappa shape index (κ1) is 14.9. The van der Waals surface area contributed by atoms with Crippen molar-refractivity contribution in [2.24, 2.45) is 0 Å². The zero-order valence-electron chi connectivity index (χ0n) is 12.4. The summed E-state index contributed by atoms with van der Waals surface area (Å²) >= 11 is 0. The average molecular weight is 272 g/mol. The predicted octanol–water partition coefficient (Wildman–Crippen LogP) is 3.70. The Morgan fingerprint density at radius 2 is 2.15 bits per heavy atom. The second-order valence-corrected chi connectivity index (χ2v) is 5.06. The van der Waals surface area contributed by atoms with E-state index >= 15 is 0 Å². The van der Waals surface area contributed by atoms with E-state index in [2.05, 4.69) is 41.5 Å². The highest BCUT2D eigenvalue weighted by atomic mass is 16.5. The Morgan fingerprint density at radius 3 is 2.95 bits per heavy atom. The van der Waals surface area contributed by atoms with Gasteiger partial charge in [0.2, 0.25) is 0 Å². The summed E-state index contributed by atoms with van der Waals surface area (Å²) < 4.78 is 5.18. The molecule has 0 spiro atoms. The van der Waals surface area contributed by atoms with Gasteiger partial charge in [0, 0.05) is 31.3 Å². The van der Waals surface area contributed by atoms with Gasteiger partial charge < -0.3 is 10.1 Å². The quantitative estimate of drug-likeness (QED) is 0.744. The van der Waals surface area contributed by atoms with Gasteiger partial charge in [-0.2, -0.15) is 0 Å². The van der Waals surface area contributed by atoms with Crippen LogP contribution in [0.15, 0.2) is 36.5 Å². The van der Waals surface area contributed by atoms with Crippen molar-refractivity contribution in [2.75, 3.05) is 20.3 Å². The number of rotatable bonds is 8. The smallest absolute Gasteiger partial charge is 0.0705 e. The molecule has 0 fully saturated rings. The Morgan fingerprint density at radius 1 is 1.25 bits per heavy atom. The van der Waals surface area contributed by atoms with Crippen molar-refractivity contribution < 1.29 is 4.74 Å². The molecule has 1 aromatic carbocycles. The van der Waals surface area contributed by atoms with E-state index in [1.54, 1.807) is 7.11 Å². The molecular weight excluding hydrogens is 248 g/mol. The fraction of sp³-hybridized carbons (Fsp3) is 0.471. The molecule has 2 aromatic rings. The van der Waals surface area contributed by atoms with Crippen molar-refractivity contribution in [3.63, 3.8) is 0 Å².